The first-order valence-corrected chi connectivity index (χ1v) is 10.5. The number of hydrogen-bond acceptors (Lipinski definition) is 4. The summed E-state index contributed by atoms with van der Waals surface area (Å²) >= 11 is 6.09. The van der Waals surface area contributed by atoms with Crippen LogP contribution in [0, 0.1) is 6.92 Å². The van der Waals surface area contributed by atoms with Gasteiger partial charge in [0.1, 0.15) is 11.5 Å². The normalized spacial score (nSPS) is 17.6. The lowest BCUT2D eigenvalue weighted by Crippen LogP contribution is -2.29. The van der Waals surface area contributed by atoms with Crippen LogP contribution in [0.25, 0.3) is 5.76 Å². The molecule has 0 aliphatic carbocycles. The molecule has 1 heterocycles. The average molecular weight is 448 g/mol. The second kappa shape index (κ2) is 8.89. The van der Waals surface area contributed by atoms with E-state index in [9.17, 15) is 14.7 Å². The second-order valence-electron chi connectivity index (χ2n) is 7.70. The molecule has 1 unspecified atom stereocenters. The van der Waals surface area contributed by atoms with Crippen molar-refractivity contribution in [3.8, 4) is 5.75 Å². The molecule has 1 amide bonds. The molecule has 1 atom stereocenters. The van der Waals surface area contributed by atoms with Gasteiger partial charge in [-0.15, -0.1) is 0 Å². The van der Waals surface area contributed by atoms with Gasteiger partial charge in [0.25, 0.3) is 11.7 Å². The Morgan fingerprint density at radius 2 is 1.78 bits per heavy atom. The Morgan fingerprint density at radius 3 is 2.50 bits per heavy atom. The van der Waals surface area contributed by atoms with Crippen molar-refractivity contribution in [3.63, 3.8) is 0 Å². The molecule has 6 heteroatoms. The summed E-state index contributed by atoms with van der Waals surface area (Å²) in [4.78, 5) is 27.7. The van der Waals surface area contributed by atoms with Gasteiger partial charge >= 0.3 is 0 Å². The fourth-order valence-corrected chi connectivity index (χ4v) is 4.18. The Labute approximate surface area is 191 Å². The van der Waals surface area contributed by atoms with Crippen LogP contribution >= 0.6 is 11.6 Å². The average Bonchev–Trinajstić information content (AvgIpc) is 3.03. The summed E-state index contributed by atoms with van der Waals surface area (Å²) in [6.45, 7) is 2.13. The van der Waals surface area contributed by atoms with E-state index in [4.69, 9.17) is 16.3 Å². The number of aliphatic hydroxyl groups is 1. The van der Waals surface area contributed by atoms with Crippen molar-refractivity contribution in [2.24, 2.45) is 0 Å². The van der Waals surface area contributed by atoms with Gasteiger partial charge in [-0.1, -0.05) is 65.7 Å². The van der Waals surface area contributed by atoms with E-state index in [1.165, 1.54) is 4.90 Å². The molecule has 1 aliphatic rings. The molecule has 3 aromatic rings. The van der Waals surface area contributed by atoms with Crippen LogP contribution in [0.15, 0.2) is 78.4 Å². The van der Waals surface area contributed by atoms with Crippen molar-refractivity contribution in [2.75, 3.05) is 7.11 Å². The van der Waals surface area contributed by atoms with Gasteiger partial charge in [0.2, 0.25) is 0 Å². The van der Waals surface area contributed by atoms with Gasteiger partial charge in [-0.25, -0.2) is 0 Å². The van der Waals surface area contributed by atoms with Crippen LogP contribution in [0.4, 0.5) is 0 Å². The Morgan fingerprint density at radius 1 is 1.03 bits per heavy atom. The molecule has 32 heavy (non-hydrogen) atoms. The summed E-state index contributed by atoms with van der Waals surface area (Å²) in [5.74, 6) is -0.976. The van der Waals surface area contributed by atoms with Crippen molar-refractivity contribution in [3.05, 3.63) is 106 Å². The fraction of sp³-hybridized carbons (Fsp3) is 0.154. The minimum atomic E-state index is -0.736. The SMILES string of the molecule is COc1cccc(CN2C(=O)C(=O)/C(=C(\O)c3cccc(Cl)c3)C2c2cccc(C)c2)c1. The Kier molecular flexibility index (Phi) is 6.01. The number of aliphatic hydroxyl groups excluding tert-OH is 1. The lowest BCUT2D eigenvalue weighted by molar-refractivity contribution is -0.140. The number of nitrogens with zero attached hydrogens (tertiary/aromatic N) is 1. The number of rotatable bonds is 5. The van der Waals surface area contributed by atoms with Crippen LogP contribution in [-0.2, 0) is 16.1 Å². The number of Topliss-reactive ketones (excluding diaryl/α,β-unsaturated/α-hetero) is 1. The number of hydrogen-bond donors (Lipinski definition) is 1. The summed E-state index contributed by atoms with van der Waals surface area (Å²) in [5.41, 5.74) is 2.97. The van der Waals surface area contributed by atoms with Gasteiger partial charge < -0.3 is 14.7 Å². The maximum absolute atomic E-state index is 13.1. The molecule has 0 saturated carbocycles. The fourth-order valence-electron chi connectivity index (χ4n) is 3.99. The number of ether oxygens (including phenoxy) is 1. The Balaban J connectivity index is 1.86. The molecule has 1 aliphatic heterocycles. The number of carbonyl (C=O) groups excluding carboxylic acids is 2. The summed E-state index contributed by atoms with van der Waals surface area (Å²) in [7, 11) is 1.57. The second-order valence-corrected chi connectivity index (χ2v) is 8.14. The zero-order chi connectivity index (χ0) is 22.8. The van der Waals surface area contributed by atoms with Crippen LogP contribution in [0.5, 0.6) is 5.75 Å². The third-order valence-corrected chi connectivity index (χ3v) is 5.72. The Bertz CT molecular complexity index is 1230. The lowest BCUT2D eigenvalue weighted by Gasteiger charge is -2.26. The standard InChI is InChI=1S/C26H22ClNO4/c1-16-6-3-8-18(12-16)23-22(24(29)19-9-5-10-20(27)14-19)25(30)26(31)28(23)15-17-7-4-11-21(13-17)32-2/h3-14,23,29H,15H2,1-2H3/b24-22-. The first-order valence-electron chi connectivity index (χ1n) is 10.1. The third-order valence-electron chi connectivity index (χ3n) is 5.48. The molecule has 1 N–H and O–H groups in total. The highest BCUT2D eigenvalue weighted by Gasteiger charge is 2.46. The monoisotopic (exact) mass is 447 g/mol. The molecule has 3 aromatic carbocycles. The van der Waals surface area contributed by atoms with Crippen LogP contribution in [0.1, 0.15) is 28.3 Å². The van der Waals surface area contributed by atoms with E-state index in [1.54, 1.807) is 31.4 Å². The summed E-state index contributed by atoms with van der Waals surface area (Å²) in [6, 6.07) is 20.8. The van der Waals surface area contributed by atoms with E-state index in [-0.39, 0.29) is 17.9 Å². The molecule has 0 aromatic heterocycles. The van der Waals surface area contributed by atoms with Gasteiger partial charge in [0.05, 0.1) is 18.7 Å². The van der Waals surface area contributed by atoms with Crippen molar-refractivity contribution in [1.29, 1.82) is 0 Å². The number of ketones is 1. The minimum Gasteiger partial charge on any atom is -0.507 e. The van der Waals surface area contributed by atoms with Crippen LogP contribution in [0.3, 0.4) is 0 Å². The van der Waals surface area contributed by atoms with Gasteiger partial charge in [-0.3, -0.25) is 9.59 Å². The van der Waals surface area contributed by atoms with Crippen LogP contribution in [0.2, 0.25) is 5.02 Å². The summed E-state index contributed by atoms with van der Waals surface area (Å²) in [6.07, 6.45) is 0. The first kappa shape index (κ1) is 21.7. The minimum absolute atomic E-state index is 0.0470. The maximum Gasteiger partial charge on any atom is 0.295 e. The van der Waals surface area contributed by atoms with Gasteiger partial charge in [-0.2, -0.15) is 0 Å². The first-order chi connectivity index (χ1) is 15.4. The highest BCUT2D eigenvalue weighted by molar-refractivity contribution is 6.46. The van der Waals surface area contributed by atoms with Crippen molar-refractivity contribution in [2.45, 2.75) is 19.5 Å². The van der Waals surface area contributed by atoms with Crippen molar-refractivity contribution >= 4 is 29.1 Å². The van der Waals surface area contributed by atoms with E-state index in [0.717, 1.165) is 16.7 Å². The molecule has 0 radical (unpaired) electrons. The zero-order valence-corrected chi connectivity index (χ0v) is 18.5. The summed E-state index contributed by atoms with van der Waals surface area (Å²) < 4.78 is 5.29. The largest absolute Gasteiger partial charge is 0.507 e. The number of halogens is 1. The van der Waals surface area contributed by atoms with Gasteiger partial charge in [0, 0.05) is 17.1 Å². The smallest absolute Gasteiger partial charge is 0.295 e. The lowest BCUT2D eigenvalue weighted by atomic mass is 9.94. The molecule has 0 spiro atoms. The molecular formula is C26H22ClNO4. The number of aryl methyl sites for hydroxylation is 1. The maximum atomic E-state index is 13.1. The molecule has 1 fully saturated rings. The third kappa shape index (κ3) is 4.12. The van der Waals surface area contributed by atoms with E-state index in [1.807, 2.05) is 55.5 Å². The van der Waals surface area contributed by atoms with Crippen molar-refractivity contribution < 1.29 is 19.4 Å². The quantitative estimate of drug-likeness (QED) is 0.328. The van der Waals surface area contributed by atoms with Crippen molar-refractivity contribution in [1.82, 2.24) is 4.90 Å². The molecule has 162 valence electrons. The van der Waals surface area contributed by atoms with E-state index < -0.39 is 17.7 Å². The van der Waals surface area contributed by atoms with Gasteiger partial charge in [0.15, 0.2) is 0 Å². The molecular weight excluding hydrogens is 426 g/mol. The molecule has 1 saturated heterocycles. The number of methoxy groups -OCH3 is 1. The predicted octanol–water partition coefficient (Wildman–Crippen LogP) is 5.28. The Hall–Kier alpha value is -3.57. The number of amides is 1. The van der Waals surface area contributed by atoms with E-state index >= 15 is 0 Å². The zero-order valence-electron chi connectivity index (χ0n) is 17.7. The number of carbonyl (C=O) groups is 2. The molecule has 0 bridgehead atoms. The van der Waals surface area contributed by atoms with Gasteiger partial charge in [-0.05, 0) is 42.3 Å². The van der Waals surface area contributed by atoms with E-state index in [2.05, 4.69) is 0 Å². The number of likely N-dealkylation sites (tertiary alicyclic amines) is 1. The highest BCUT2D eigenvalue weighted by Crippen LogP contribution is 2.40. The molecule has 5 nitrogen and oxygen atoms in total. The van der Waals surface area contributed by atoms with E-state index in [0.29, 0.717) is 16.3 Å². The highest BCUT2D eigenvalue weighted by atomic mass is 35.5. The topological polar surface area (TPSA) is 66.8 Å². The number of benzene rings is 3. The summed E-state index contributed by atoms with van der Waals surface area (Å²) in [5, 5.41) is 11.5. The molecule has 4 rings (SSSR count). The predicted molar refractivity (Wildman–Crippen MR) is 123 cm³/mol. The van der Waals surface area contributed by atoms with Crippen LogP contribution < -0.4 is 4.74 Å². The van der Waals surface area contributed by atoms with Crippen LogP contribution in [-0.4, -0.2) is 28.8 Å².